The van der Waals surface area contributed by atoms with Crippen LogP contribution >= 0.6 is 15.9 Å². The first-order chi connectivity index (χ1) is 8.79. The third-order valence-electron chi connectivity index (χ3n) is 2.54. The van der Waals surface area contributed by atoms with Gasteiger partial charge in [0.2, 0.25) is 5.91 Å². The van der Waals surface area contributed by atoms with Crippen LogP contribution in [0.15, 0.2) is 22.7 Å². The lowest BCUT2D eigenvalue weighted by atomic mass is 10.00. The second-order valence-corrected chi connectivity index (χ2v) is 4.80. The minimum Gasteiger partial charge on any atom is -0.394 e. The predicted octanol–water partition coefficient (Wildman–Crippen LogP) is 3.03. The summed E-state index contributed by atoms with van der Waals surface area (Å²) in [5, 5.41) is 11.5. The fraction of sp³-hybridized carbons (Fsp3) is 0.417. The summed E-state index contributed by atoms with van der Waals surface area (Å²) in [6.07, 6.45) is -4.42. The number of halogens is 4. The van der Waals surface area contributed by atoms with Gasteiger partial charge >= 0.3 is 6.18 Å². The van der Waals surface area contributed by atoms with Gasteiger partial charge in [-0.2, -0.15) is 13.2 Å². The average Bonchev–Trinajstić information content (AvgIpc) is 2.34. The van der Waals surface area contributed by atoms with Crippen LogP contribution in [0.5, 0.6) is 0 Å². The van der Waals surface area contributed by atoms with Crippen LogP contribution in [0.1, 0.15) is 30.5 Å². The van der Waals surface area contributed by atoms with Gasteiger partial charge in [-0.05, 0) is 17.7 Å². The molecule has 1 amide bonds. The molecular formula is C12H13BrF3NO2. The molecule has 2 N–H and O–H groups in total. The Morgan fingerprint density at radius 3 is 2.58 bits per heavy atom. The van der Waals surface area contributed by atoms with Crippen molar-refractivity contribution in [3.63, 3.8) is 0 Å². The highest BCUT2D eigenvalue weighted by atomic mass is 79.9. The summed E-state index contributed by atoms with van der Waals surface area (Å²) in [6.45, 7) is 0.979. The van der Waals surface area contributed by atoms with Crippen LogP contribution in [0, 0.1) is 0 Å². The summed E-state index contributed by atoms with van der Waals surface area (Å²) in [6, 6.07) is 2.53. The normalized spacial score (nSPS) is 13.2. The third kappa shape index (κ3) is 4.21. The Hall–Kier alpha value is -1.08. The Labute approximate surface area is 116 Å². The number of rotatable bonds is 4. The molecule has 0 aliphatic carbocycles. The Balaban J connectivity index is 3.20. The first-order valence-corrected chi connectivity index (χ1v) is 6.35. The van der Waals surface area contributed by atoms with Crippen molar-refractivity contribution in [3.8, 4) is 0 Å². The maximum atomic E-state index is 12.9. The third-order valence-corrected chi connectivity index (χ3v) is 3.03. The molecule has 19 heavy (non-hydrogen) atoms. The molecule has 1 aromatic carbocycles. The molecule has 1 aromatic rings. The summed E-state index contributed by atoms with van der Waals surface area (Å²) >= 11 is 2.97. The van der Waals surface area contributed by atoms with Crippen molar-refractivity contribution in [2.24, 2.45) is 0 Å². The van der Waals surface area contributed by atoms with Crippen molar-refractivity contribution in [1.82, 2.24) is 5.32 Å². The molecule has 0 spiro atoms. The van der Waals surface area contributed by atoms with Crippen LogP contribution in [0.3, 0.4) is 0 Å². The van der Waals surface area contributed by atoms with Crippen LogP contribution in [0.25, 0.3) is 0 Å². The van der Waals surface area contributed by atoms with E-state index in [1.165, 1.54) is 12.1 Å². The van der Waals surface area contributed by atoms with E-state index in [4.69, 9.17) is 0 Å². The Kier molecular flexibility index (Phi) is 5.37. The minimum atomic E-state index is -4.55. The molecule has 0 aliphatic heterocycles. The fourth-order valence-corrected chi connectivity index (χ4v) is 1.96. The van der Waals surface area contributed by atoms with Gasteiger partial charge in [0, 0.05) is 10.9 Å². The van der Waals surface area contributed by atoms with Crippen LogP contribution in [-0.4, -0.2) is 17.6 Å². The zero-order chi connectivity index (χ0) is 14.6. The quantitative estimate of drug-likeness (QED) is 0.885. The van der Waals surface area contributed by atoms with E-state index in [1.54, 1.807) is 6.92 Å². The first kappa shape index (κ1) is 16.0. The fourth-order valence-electron chi connectivity index (χ4n) is 1.60. The molecule has 1 rings (SSSR count). The Bertz CT molecular complexity index is 463. The molecule has 0 aliphatic rings. The van der Waals surface area contributed by atoms with Crippen LogP contribution in [-0.2, 0) is 11.0 Å². The van der Waals surface area contributed by atoms with Crippen molar-refractivity contribution < 1.29 is 23.1 Å². The van der Waals surface area contributed by atoms with E-state index < -0.39 is 30.3 Å². The molecule has 3 nitrogen and oxygen atoms in total. The zero-order valence-corrected chi connectivity index (χ0v) is 11.7. The topological polar surface area (TPSA) is 49.3 Å². The summed E-state index contributed by atoms with van der Waals surface area (Å²) in [5.74, 6) is -0.421. The molecule has 0 heterocycles. The van der Waals surface area contributed by atoms with Gasteiger partial charge in [0.25, 0.3) is 0 Å². The first-order valence-electron chi connectivity index (χ1n) is 5.56. The van der Waals surface area contributed by atoms with Gasteiger partial charge in [-0.25, -0.2) is 0 Å². The van der Waals surface area contributed by atoms with E-state index in [1.807, 2.05) is 0 Å². The summed E-state index contributed by atoms with van der Waals surface area (Å²) < 4.78 is 39.1. The summed E-state index contributed by atoms with van der Waals surface area (Å²) in [4.78, 5) is 11.3. The van der Waals surface area contributed by atoms with E-state index >= 15 is 0 Å². The van der Waals surface area contributed by atoms with Gasteiger partial charge in [-0.3, -0.25) is 4.79 Å². The van der Waals surface area contributed by atoms with Crippen molar-refractivity contribution in [1.29, 1.82) is 0 Å². The van der Waals surface area contributed by atoms with Gasteiger partial charge < -0.3 is 10.4 Å². The lowest BCUT2D eigenvalue weighted by Gasteiger charge is -2.21. The molecule has 106 valence electrons. The molecule has 0 radical (unpaired) electrons. The monoisotopic (exact) mass is 339 g/mol. The molecular weight excluding hydrogens is 327 g/mol. The largest absolute Gasteiger partial charge is 0.416 e. The van der Waals surface area contributed by atoms with E-state index in [9.17, 15) is 23.1 Å². The van der Waals surface area contributed by atoms with E-state index in [-0.39, 0.29) is 16.5 Å². The van der Waals surface area contributed by atoms with Gasteiger partial charge in [0.05, 0.1) is 18.2 Å². The summed E-state index contributed by atoms with van der Waals surface area (Å²) in [7, 11) is 0. The predicted molar refractivity (Wildman–Crippen MR) is 67.4 cm³/mol. The Morgan fingerprint density at radius 1 is 1.47 bits per heavy atom. The Morgan fingerprint density at radius 2 is 2.11 bits per heavy atom. The highest BCUT2D eigenvalue weighted by Crippen LogP contribution is 2.36. The highest BCUT2D eigenvalue weighted by molar-refractivity contribution is 9.10. The van der Waals surface area contributed by atoms with E-state index in [0.29, 0.717) is 0 Å². The minimum absolute atomic E-state index is 0.133. The number of nitrogens with one attached hydrogen (secondary N) is 1. The molecule has 7 heteroatoms. The van der Waals surface area contributed by atoms with E-state index in [2.05, 4.69) is 21.2 Å². The lowest BCUT2D eigenvalue weighted by Crippen LogP contribution is -2.31. The van der Waals surface area contributed by atoms with Crippen molar-refractivity contribution in [3.05, 3.63) is 33.8 Å². The molecule has 0 fully saturated rings. The number of hydrogen-bond donors (Lipinski definition) is 2. The van der Waals surface area contributed by atoms with Gasteiger partial charge in [-0.15, -0.1) is 0 Å². The second kappa shape index (κ2) is 6.38. The standard InChI is InChI=1S/C12H13BrF3NO2/c1-2-11(19)17-10(6-18)8-4-3-7(13)5-9(8)12(14,15)16/h3-5,10,18H,2,6H2,1H3,(H,17,19). The molecule has 0 saturated heterocycles. The molecule has 0 aromatic heterocycles. The highest BCUT2D eigenvalue weighted by Gasteiger charge is 2.35. The number of amides is 1. The molecule has 0 saturated carbocycles. The maximum absolute atomic E-state index is 12.9. The van der Waals surface area contributed by atoms with Crippen LogP contribution in [0.4, 0.5) is 13.2 Å². The number of aliphatic hydroxyl groups is 1. The van der Waals surface area contributed by atoms with Gasteiger partial charge in [0.15, 0.2) is 0 Å². The van der Waals surface area contributed by atoms with Crippen molar-refractivity contribution in [2.45, 2.75) is 25.6 Å². The number of benzene rings is 1. The second-order valence-electron chi connectivity index (χ2n) is 3.89. The molecule has 1 atom stereocenters. The van der Waals surface area contributed by atoms with Crippen LogP contribution in [0.2, 0.25) is 0 Å². The van der Waals surface area contributed by atoms with Gasteiger partial charge in [0.1, 0.15) is 0 Å². The lowest BCUT2D eigenvalue weighted by molar-refractivity contribution is -0.139. The SMILES string of the molecule is CCC(=O)NC(CO)c1ccc(Br)cc1C(F)(F)F. The average molecular weight is 340 g/mol. The molecule has 1 unspecified atom stereocenters. The number of carbonyl (C=O) groups is 1. The smallest absolute Gasteiger partial charge is 0.394 e. The number of carbonyl (C=O) groups excluding carboxylic acids is 1. The molecule has 0 bridgehead atoms. The number of aliphatic hydroxyl groups excluding tert-OH is 1. The van der Waals surface area contributed by atoms with E-state index in [0.717, 1.165) is 6.07 Å². The number of alkyl halides is 3. The number of hydrogen-bond acceptors (Lipinski definition) is 2. The van der Waals surface area contributed by atoms with Crippen molar-refractivity contribution in [2.75, 3.05) is 6.61 Å². The van der Waals surface area contributed by atoms with Gasteiger partial charge in [-0.1, -0.05) is 28.9 Å². The maximum Gasteiger partial charge on any atom is 0.416 e. The zero-order valence-electron chi connectivity index (χ0n) is 10.1. The van der Waals surface area contributed by atoms with Crippen molar-refractivity contribution >= 4 is 21.8 Å². The van der Waals surface area contributed by atoms with Crippen LogP contribution < -0.4 is 5.32 Å². The summed E-state index contributed by atoms with van der Waals surface area (Å²) in [5.41, 5.74) is -1.03.